The zero-order valence-corrected chi connectivity index (χ0v) is 11.8. The molecule has 0 amide bonds. The van der Waals surface area contributed by atoms with Crippen LogP contribution in [0.3, 0.4) is 0 Å². The largest absolute Gasteiger partial charge is 0.490 e. The fourth-order valence-electron chi connectivity index (χ4n) is 1.83. The summed E-state index contributed by atoms with van der Waals surface area (Å²) in [5, 5.41) is 8.73. The number of ether oxygens (including phenoxy) is 1. The number of aryl methyl sites for hydroxylation is 1. The monoisotopic (exact) mass is 288 g/mol. The van der Waals surface area contributed by atoms with Crippen molar-refractivity contribution in [3.8, 4) is 17.6 Å². The molecule has 2 aromatic rings. The minimum absolute atomic E-state index is 0.00426. The van der Waals surface area contributed by atoms with Crippen LogP contribution in [0.15, 0.2) is 30.6 Å². The molecule has 5 heteroatoms. The molecule has 0 unspecified atom stereocenters. The molecule has 0 atom stereocenters. The summed E-state index contributed by atoms with van der Waals surface area (Å²) in [7, 11) is 0. The van der Waals surface area contributed by atoms with Gasteiger partial charge in [-0.2, -0.15) is 0 Å². The Balaban J connectivity index is 2.03. The van der Waals surface area contributed by atoms with Crippen LogP contribution in [0.5, 0.6) is 5.75 Å². The van der Waals surface area contributed by atoms with E-state index < -0.39 is 0 Å². The first-order valence-corrected chi connectivity index (χ1v) is 6.70. The maximum atomic E-state index is 13.3. The molecule has 0 saturated heterocycles. The molecule has 2 rings (SSSR count). The van der Waals surface area contributed by atoms with Crippen LogP contribution in [0.2, 0.25) is 0 Å². The summed E-state index contributed by atoms with van der Waals surface area (Å²) in [6.07, 6.45) is 3.97. The lowest BCUT2D eigenvalue weighted by atomic mass is 10.2. The van der Waals surface area contributed by atoms with Crippen molar-refractivity contribution < 1.29 is 14.2 Å². The SMILES string of the molecule is Cc1nccn1CCOc1cc(F)ccc1C#CCCO. The Hall–Kier alpha value is -2.32. The summed E-state index contributed by atoms with van der Waals surface area (Å²) in [4.78, 5) is 4.13. The molecule has 0 saturated carbocycles. The summed E-state index contributed by atoms with van der Waals surface area (Å²) >= 11 is 0. The van der Waals surface area contributed by atoms with E-state index in [1.54, 1.807) is 12.3 Å². The Morgan fingerprint density at radius 1 is 1.43 bits per heavy atom. The van der Waals surface area contributed by atoms with E-state index in [0.29, 0.717) is 30.9 Å². The minimum atomic E-state index is -0.364. The average molecular weight is 288 g/mol. The zero-order chi connectivity index (χ0) is 15.1. The molecule has 1 aromatic heterocycles. The molecular weight excluding hydrogens is 271 g/mol. The molecule has 0 fully saturated rings. The third kappa shape index (κ3) is 4.33. The van der Waals surface area contributed by atoms with Crippen LogP contribution in [-0.4, -0.2) is 27.9 Å². The van der Waals surface area contributed by atoms with Crippen LogP contribution in [0.4, 0.5) is 4.39 Å². The summed E-state index contributed by atoms with van der Waals surface area (Å²) in [5.74, 6) is 6.64. The highest BCUT2D eigenvalue weighted by Gasteiger charge is 2.04. The van der Waals surface area contributed by atoms with E-state index in [0.717, 1.165) is 5.82 Å². The average Bonchev–Trinajstić information content (AvgIpc) is 2.87. The molecule has 0 aliphatic heterocycles. The number of imidazole rings is 1. The Morgan fingerprint density at radius 2 is 2.29 bits per heavy atom. The molecule has 1 heterocycles. The number of hydrogen-bond acceptors (Lipinski definition) is 3. The standard InChI is InChI=1S/C16H17FN2O2/c1-13-18-7-8-19(13)9-11-21-16-12-15(17)6-5-14(16)4-2-3-10-20/h5-8,12,20H,3,9-11H2,1H3. The lowest BCUT2D eigenvalue weighted by molar-refractivity contribution is 0.295. The van der Waals surface area contributed by atoms with Crippen LogP contribution in [0, 0.1) is 24.6 Å². The number of halogens is 1. The number of aliphatic hydroxyl groups excluding tert-OH is 1. The van der Waals surface area contributed by atoms with Crippen LogP contribution in [0.1, 0.15) is 17.8 Å². The maximum Gasteiger partial charge on any atom is 0.137 e. The zero-order valence-electron chi connectivity index (χ0n) is 11.8. The van der Waals surface area contributed by atoms with Gasteiger partial charge in [0.25, 0.3) is 0 Å². The van der Waals surface area contributed by atoms with E-state index in [2.05, 4.69) is 16.8 Å². The summed E-state index contributed by atoms with van der Waals surface area (Å²) in [6.45, 7) is 2.94. The van der Waals surface area contributed by atoms with Gasteiger partial charge < -0.3 is 14.4 Å². The first kappa shape index (κ1) is 15.1. The van der Waals surface area contributed by atoms with E-state index in [-0.39, 0.29) is 12.4 Å². The first-order valence-electron chi connectivity index (χ1n) is 6.70. The van der Waals surface area contributed by atoms with Crippen molar-refractivity contribution in [3.05, 3.63) is 47.8 Å². The predicted octanol–water partition coefficient (Wildman–Crippen LogP) is 2.14. The van der Waals surface area contributed by atoms with Gasteiger partial charge in [0.15, 0.2) is 0 Å². The van der Waals surface area contributed by atoms with Gasteiger partial charge in [-0.3, -0.25) is 0 Å². The number of rotatable bonds is 5. The third-order valence-corrected chi connectivity index (χ3v) is 2.92. The molecule has 1 N–H and O–H groups in total. The topological polar surface area (TPSA) is 47.3 Å². The quantitative estimate of drug-likeness (QED) is 0.858. The van der Waals surface area contributed by atoms with Gasteiger partial charge in [0, 0.05) is 24.9 Å². The van der Waals surface area contributed by atoms with E-state index in [9.17, 15) is 4.39 Å². The minimum Gasteiger partial charge on any atom is -0.490 e. The smallest absolute Gasteiger partial charge is 0.137 e. The lowest BCUT2D eigenvalue weighted by Crippen LogP contribution is -2.09. The molecule has 0 aliphatic carbocycles. The third-order valence-electron chi connectivity index (χ3n) is 2.92. The Labute approximate surface area is 123 Å². The highest BCUT2D eigenvalue weighted by Crippen LogP contribution is 2.19. The van der Waals surface area contributed by atoms with Crippen molar-refractivity contribution >= 4 is 0 Å². The summed E-state index contributed by atoms with van der Waals surface area (Å²) in [5.41, 5.74) is 0.618. The highest BCUT2D eigenvalue weighted by molar-refractivity contribution is 5.46. The Kier molecular flexibility index (Phi) is 5.35. The van der Waals surface area contributed by atoms with Crippen molar-refractivity contribution in [2.75, 3.05) is 13.2 Å². The van der Waals surface area contributed by atoms with Crippen molar-refractivity contribution in [1.29, 1.82) is 0 Å². The van der Waals surface area contributed by atoms with E-state index in [1.807, 2.05) is 17.7 Å². The van der Waals surface area contributed by atoms with Crippen LogP contribution >= 0.6 is 0 Å². The van der Waals surface area contributed by atoms with Gasteiger partial charge in [0.1, 0.15) is 24.0 Å². The Bertz CT molecular complexity index is 656. The van der Waals surface area contributed by atoms with Gasteiger partial charge in [-0.05, 0) is 19.1 Å². The van der Waals surface area contributed by atoms with Crippen LogP contribution in [-0.2, 0) is 6.54 Å². The number of aromatic nitrogens is 2. The molecule has 4 nitrogen and oxygen atoms in total. The second-order valence-corrected chi connectivity index (χ2v) is 4.43. The molecule has 21 heavy (non-hydrogen) atoms. The fourth-order valence-corrected chi connectivity index (χ4v) is 1.83. The number of nitrogens with zero attached hydrogens (tertiary/aromatic N) is 2. The highest BCUT2D eigenvalue weighted by atomic mass is 19.1. The number of hydrogen-bond donors (Lipinski definition) is 1. The van der Waals surface area contributed by atoms with Crippen molar-refractivity contribution in [3.63, 3.8) is 0 Å². The van der Waals surface area contributed by atoms with Gasteiger partial charge in [-0.1, -0.05) is 11.8 Å². The fraction of sp³-hybridized carbons (Fsp3) is 0.312. The second kappa shape index (κ2) is 7.46. The first-order chi connectivity index (χ1) is 10.2. The molecule has 1 aromatic carbocycles. The van der Waals surface area contributed by atoms with Crippen molar-refractivity contribution in [1.82, 2.24) is 9.55 Å². The number of benzene rings is 1. The van der Waals surface area contributed by atoms with Gasteiger partial charge in [0.2, 0.25) is 0 Å². The van der Waals surface area contributed by atoms with Crippen LogP contribution in [0.25, 0.3) is 0 Å². The van der Waals surface area contributed by atoms with Gasteiger partial charge in [0.05, 0.1) is 18.7 Å². The molecule has 0 aliphatic rings. The van der Waals surface area contributed by atoms with E-state index >= 15 is 0 Å². The predicted molar refractivity (Wildman–Crippen MR) is 77.4 cm³/mol. The summed E-state index contributed by atoms with van der Waals surface area (Å²) < 4.78 is 20.9. The lowest BCUT2D eigenvalue weighted by Gasteiger charge is -2.10. The molecule has 110 valence electrons. The van der Waals surface area contributed by atoms with Gasteiger partial charge >= 0.3 is 0 Å². The van der Waals surface area contributed by atoms with Crippen LogP contribution < -0.4 is 4.74 Å². The summed E-state index contributed by atoms with van der Waals surface area (Å²) in [6, 6.07) is 4.25. The Morgan fingerprint density at radius 3 is 3.00 bits per heavy atom. The number of aliphatic hydroxyl groups is 1. The molecular formula is C16H17FN2O2. The molecule has 0 bridgehead atoms. The van der Waals surface area contributed by atoms with Gasteiger partial charge in [-0.15, -0.1) is 0 Å². The van der Waals surface area contributed by atoms with Crippen molar-refractivity contribution in [2.24, 2.45) is 0 Å². The maximum absolute atomic E-state index is 13.3. The van der Waals surface area contributed by atoms with Gasteiger partial charge in [-0.25, -0.2) is 9.37 Å². The van der Waals surface area contributed by atoms with Crippen molar-refractivity contribution in [2.45, 2.75) is 19.9 Å². The van der Waals surface area contributed by atoms with E-state index in [1.165, 1.54) is 12.1 Å². The molecule has 0 spiro atoms. The normalized spacial score (nSPS) is 10.0. The second-order valence-electron chi connectivity index (χ2n) is 4.43. The molecule has 0 radical (unpaired) electrons. The van der Waals surface area contributed by atoms with E-state index in [4.69, 9.17) is 9.84 Å².